The fourth-order valence-corrected chi connectivity index (χ4v) is 2.30. The maximum Gasteiger partial charge on any atom is 0.138 e. The summed E-state index contributed by atoms with van der Waals surface area (Å²) in [5, 5.41) is 7.56. The van der Waals surface area contributed by atoms with Gasteiger partial charge in [-0.25, -0.2) is 4.98 Å². The lowest BCUT2D eigenvalue weighted by atomic mass is 9.94. The first kappa shape index (κ1) is 14.2. The predicted molar refractivity (Wildman–Crippen MR) is 70.9 cm³/mol. The Morgan fingerprint density at radius 3 is 2.76 bits per heavy atom. The Morgan fingerprint density at radius 1 is 1.41 bits per heavy atom. The Bertz CT molecular complexity index is 306. The molecule has 1 N–H and O–H groups in total. The van der Waals surface area contributed by atoms with Crippen LogP contribution in [0.5, 0.6) is 0 Å². The van der Waals surface area contributed by atoms with Crippen molar-refractivity contribution < 1.29 is 0 Å². The SMILES string of the molecule is CCCn1ncnc1CC(CNC)CC(C)C. The molecule has 0 aliphatic rings. The lowest BCUT2D eigenvalue weighted by molar-refractivity contribution is 0.380. The standard InChI is InChI=1S/C13H26N4/c1-5-6-17-13(15-10-16-17)8-12(9-14-4)7-11(2)3/h10-12,14H,5-9H2,1-4H3. The van der Waals surface area contributed by atoms with Crippen molar-refractivity contribution in [2.75, 3.05) is 13.6 Å². The van der Waals surface area contributed by atoms with Crippen LogP contribution in [-0.2, 0) is 13.0 Å². The van der Waals surface area contributed by atoms with Gasteiger partial charge >= 0.3 is 0 Å². The van der Waals surface area contributed by atoms with Gasteiger partial charge in [0.05, 0.1) is 0 Å². The molecule has 0 aliphatic carbocycles. The number of aryl methyl sites for hydroxylation is 1. The zero-order chi connectivity index (χ0) is 12.7. The fraction of sp³-hybridized carbons (Fsp3) is 0.846. The molecule has 0 saturated carbocycles. The van der Waals surface area contributed by atoms with Crippen molar-refractivity contribution in [1.82, 2.24) is 20.1 Å². The van der Waals surface area contributed by atoms with Crippen molar-refractivity contribution in [1.29, 1.82) is 0 Å². The number of nitrogens with zero attached hydrogens (tertiary/aromatic N) is 3. The number of hydrogen-bond donors (Lipinski definition) is 1. The summed E-state index contributed by atoms with van der Waals surface area (Å²) in [4.78, 5) is 4.39. The highest BCUT2D eigenvalue weighted by atomic mass is 15.3. The van der Waals surface area contributed by atoms with E-state index in [1.807, 2.05) is 11.7 Å². The molecule has 17 heavy (non-hydrogen) atoms. The molecule has 1 atom stereocenters. The van der Waals surface area contributed by atoms with Crippen molar-refractivity contribution >= 4 is 0 Å². The molecule has 1 aromatic rings. The van der Waals surface area contributed by atoms with Gasteiger partial charge in [0.25, 0.3) is 0 Å². The Kier molecular flexibility index (Phi) is 6.19. The monoisotopic (exact) mass is 238 g/mol. The van der Waals surface area contributed by atoms with Crippen LogP contribution >= 0.6 is 0 Å². The average Bonchev–Trinajstić information content (AvgIpc) is 2.66. The maximum absolute atomic E-state index is 4.39. The first-order valence-electron chi connectivity index (χ1n) is 6.68. The van der Waals surface area contributed by atoms with Crippen molar-refractivity contribution in [2.45, 2.75) is 46.6 Å². The van der Waals surface area contributed by atoms with Crippen LogP contribution in [0.2, 0.25) is 0 Å². The maximum atomic E-state index is 4.39. The van der Waals surface area contributed by atoms with Gasteiger partial charge in [-0.3, -0.25) is 4.68 Å². The molecule has 0 saturated heterocycles. The van der Waals surface area contributed by atoms with E-state index in [1.54, 1.807) is 6.33 Å². The third-order valence-electron chi connectivity index (χ3n) is 2.90. The van der Waals surface area contributed by atoms with Crippen LogP contribution in [0.4, 0.5) is 0 Å². The summed E-state index contributed by atoms with van der Waals surface area (Å²) < 4.78 is 2.04. The lowest BCUT2D eigenvalue weighted by Crippen LogP contribution is -2.24. The third-order valence-corrected chi connectivity index (χ3v) is 2.90. The molecule has 4 nitrogen and oxygen atoms in total. The summed E-state index contributed by atoms with van der Waals surface area (Å²) in [7, 11) is 2.02. The van der Waals surface area contributed by atoms with Crippen LogP contribution in [-0.4, -0.2) is 28.4 Å². The van der Waals surface area contributed by atoms with Gasteiger partial charge in [0.15, 0.2) is 0 Å². The summed E-state index contributed by atoms with van der Waals surface area (Å²) in [6, 6.07) is 0. The Balaban J connectivity index is 2.60. The molecular formula is C13H26N4. The Hall–Kier alpha value is -0.900. The smallest absolute Gasteiger partial charge is 0.138 e. The molecule has 1 heterocycles. The summed E-state index contributed by atoms with van der Waals surface area (Å²) in [5.41, 5.74) is 0. The zero-order valence-electron chi connectivity index (χ0n) is 11.6. The molecular weight excluding hydrogens is 212 g/mol. The van der Waals surface area contributed by atoms with Gasteiger partial charge in [0.1, 0.15) is 12.2 Å². The first-order chi connectivity index (χ1) is 8.17. The van der Waals surface area contributed by atoms with Crippen LogP contribution in [0.1, 0.15) is 39.4 Å². The molecule has 1 aromatic heterocycles. The van der Waals surface area contributed by atoms with E-state index in [9.17, 15) is 0 Å². The highest BCUT2D eigenvalue weighted by Gasteiger charge is 2.14. The molecule has 0 amide bonds. The minimum absolute atomic E-state index is 0.653. The van der Waals surface area contributed by atoms with Crippen molar-refractivity contribution in [3.8, 4) is 0 Å². The molecule has 0 aliphatic heterocycles. The molecule has 0 spiro atoms. The van der Waals surface area contributed by atoms with Crippen LogP contribution in [0, 0.1) is 11.8 Å². The van der Waals surface area contributed by atoms with Crippen molar-refractivity contribution in [2.24, 2.45) is 11.8 Å². The summed E-state index contributed by atoms with van der Waals surface area (Å²) in [6.45, 7) is 8.75. The Morgan fingerprint density at radius 2 is 2.18 bits per heavy atom. The molecule has 1 unspecified atom stereocenters. The zero-order valence-corrected chi connectivity index (χ0v) is 11.6. The molecule has 0 radical (unpaired) electrons. The molecule has 0 aromatic carbocycles. The van der Waals surface area contributed by atoms with E-state index in [-0.39, 0.29) is 0 Å². The van der Waals surface area contributed by atoms with E-state index >= 15 is 0 Å². The van der Waals surface area contributed by atoms with Gasteiger partial charge in [-0.1, -0.05) is 20.8 Å². The van der Waals surface area contributed by atoms with Crippen molar-refractivity contribution in [3.63, 3.8) is 0 Å². The normalized spacial score (nSPS) is 13.2. The molecule has 98 valence electrons. The molecule has 4 heteroatoms. The summed E-state index contributed by atoms with van der Waals surface area (Å²) >= 11 is 0. The summed E-state index contributed by atoms with van der Waals surface area (Å²) in [6.07, 6.45) is 5.05. The third kappa shape index (κ3) is 4.86. The van der Waals surface area contributed by atoms with Crippen molar-refractivity contribution in [3.05, 3.63) is 12.2 Å². The van der Waals surface area contributed by atoms with E-state index in [0.29, 0.717) is 5.92 Å². The topological polar surface area (TPSA) is 42.7 Å². The number of aromatic nitrogens is 3. The van der Waals surface area contributed by atoms with E-state index in [0.717, 1.165) is 37.7 Å². The number of hydrogen-bond acceptors (Lipinski definition) is 3. The molecule has 1 rings (SSSR count). The second kappa shape index (κ2) is 7.43. The lowest BCUT2D eigenvalue weighted by Gasteiger charge is -2.18. The fourth-order valence-electron chi connectivity index (χ4n) is 2.30. The van der Waals surface area contributed by atoms with Gasteiger partial charge in [-0.2, -0.15) is 5.10 Å². The van der Waals surface area contributed by atoms with Crippen LogP contribution in [0.25, 0.3) is 0 Å². The first-order valence-corrected chi connectivity index (χ1v) is 6.68. The molecule has 0 bridgehead atoms. The minimum atomic E-state index is 0.653. The van der Waals surface area contributed by atoms with Crippen LogP contribution in [0.3, 0.4) is 0 Å². The highest BCUT2D eigenvalue weighted by molar-refractivity contribution is 4.88. The number of nitrogens with one attached hydrogen (secondary N) is 1. The van der Waals surface area contributed by atoms with E-state index in [4.69, 9.17) is 0 Å². The van der Waals surface area contributed by atoms with Gasteiger partial charge in [0, 0.05) is 13.0 Å². The van der Waals surface area contributed by atoms with Gasteiger partial charge in [0.2, 0.25) is 0 Å². The van der Waals surface area contributed by atoms with E-state index in [1.165, 1.54) is 6.42 Å². The predicted octanol–water partition coefficient (Wildman–Crippen LogP) is 2.11. The van der Waals surface area contributed by atoms with E-state index < -0.39 is 0 Å². The van der Waals surface area contributed by atoms with Gasteiger partial charge in [-0.05, 0) is 38.3 Å². The quantitative estimate of drug-likeness (QED) is 0.754. The largest absolute Gasteiger partial charge is 0.319 e. The van der Waals surface area contributed by atoms with Gasteiger partial charge < -0.3 is 5.32 Å². The second-order valence-electron chi connectivity index (χ2n) is 5.16. The average molecular weight is 238 g/mol. The summed E-state index contributed by atoms with van der Waals surface area (Å²) in [5.74, 6) is 2.52. The van der Waals surface area contributed by atoms with E-state index in [2.05, 4.69) is 36.2 Å². The highest BCUT2D eigenvalue weighted by Crippen LogP contribution is 2.15. The molecule has 0 fully saturated rings. The van der Waals surface area contributed by atoms with Gasteiger partial charge in [-0.15, -0.1) is 0 Å². The Labute approximate surface area is 105 Å². The second-order valence-corrected chi connectivity index (χ2v) is 5.16. The minimum Gasteiger partial charge on any atom is -0.319 e. The number of rotatable bonds is 8. The van der Waals surface area contributed by atoms with Crippen LogP contribution in [0.15, 0.2) is 6.33 Å². The van der Waals surface area contributed by atoms with Crippen LogP contribution < -0.4 is 5.32 Å².